The van der Waals surface area contributed by atoms with Gasteiger partial charge in [0.15, 0.2) is 6.29 Å². The van der Waals surface area contributed by atoms with Crippen LogP contribution in [0.25, 0.3) is 10.8 Å². The fourth-order valence-corrected chi connectivity index (χ4v) is 7.05. The second-order valence-corrected chi connectivity index (χ2v) is 10.7. The zero-order valence-electron chi connectivity index (χ0n) is 19.1. The number of fused-ring (bicyclic) bond motifs is 4. The van der Waals surface area contributed by atoms with E-state index in [4.69, 9.17) is 14.2 Å². The number of esters is 1. The lowest BCUT2D eigenvalue weighted by Crippen LogP contribution is -2.57. The van der Waals surface area contributed by atoms with Crippen LogP contribution in [0.5, 0.6) is 5.75 Å². The Morgan fingerprint density at radius 3 is 2.68 bits per heavy atom. The van der Waals surface area contributed by atoms with Crippen molar-refractivity contribution in [2.75, 3.05) is 6.61 Å². The SMILES string of the molecule is CC(=O)Oc1ccc2ccccc2c1[C@H]1OC[C@H]2[C@@H](CC[C@H]3C(C)(C)CCC[C@]23C)O1. The lowest BCUT2D eigenvalue weighted by Gasteiger charge is -2.60. The van der Waals surface area contributed by atoms with Crippen molar-refractivity contribution < 1.29 is 19.0 Å². The van der Waals surface area contributed by atoms with E-state index in [-0.39, 0.29) is 17.5 Å². The van der Waals surface area contributed by atoms with Crippen LogP contribution in [-0.4, -0.2) is 18.7 Å². The molecule has 4 nitrogen and oxygen atoms in total. The molecule has 0 aromatic heterocycles. The van der Waals surface area contributed by atoms with Gasteiger partial charge in [-0.1, -0.05) is 57.5 Å². The lowest BCUT2D eigenvalue weighted by atomic mass is 9.48. The van der Waals surface area contributed by atoms with Crippen LogP contribution < -0.4 is 4.74 Å². The molecule has 1 saturated heterocycles. The molecule has 1 heterocycles. The number of hydrogen-bond acceptors (Lipinski definition) is 4. The smallest absolute Gasteiger partial charge is 0.308 e. The van der Waals surface area contributed by atoms with Crippen LogP contribution in [0.4, 0.5) is 0 Å². The van der Waals surface area contributed by atoms with Crippen LogP contribution >= 0.6 is 0 Å². The monoisotopic (exact) mass is 422 g/mol. The summed E-state index contributed by atoms with van der Waals surface area (Å²) >= 11 is 0. The van der Waals surface area contributed by atoms with Gasteiger partial charge in [-0.05, 0) is 59.3 Å². The molecular formula is C27H34O4. The molecular weight excluding hydrogens is 388 g/mol. The summed E-state index contributed by atoms with van der Waals surface area (Å²) in [7, 11) is 0. The highest BCUT2D eigenvalue weighted by Crippen LogP contribution is 2.61. The molecule has 2 aromatic rings. The van der Waals surface area contributed by atoms with Crippen molar-refractivity contribution in [2.45, 2.75) is 72.2 Å². The highest BCUT2D eigenvalue weighted by Gasteiger charge is 2.56. The predicted octanol–water partition coefficient (Wildman–Crippen LogP) is 6.42. The normalized spacial score (nSPS) is 34.6. The van der Waals surface area contributed by atoms with Crippen molar-refractivity contribution in [1.82, 2.24) is 0 Å². The zero-order valence-corrected chi connectivity index (χ0v) is 19.1. The first kappa shape index (κ1) is 21.0. The molecule has 5 atom stereocenters. The first-order valence-corrected chi connectivity index (χ1v) is 11.8. The summed E-state index contributed by atoms with van der Waals surface area (Å²) < 4.78 is 18.7. The minimum atomic E-state index is -0.515. The van der Waals surface area contributed by atoms with Gasteiger partial charge in [-0.25, -0.2) is 0 Å². The third kappa shape index (κ3) is 3.48. The molecule has 0 N–H and O–H groups in total. The summed E-state index contributed by atoms with van der Waals surface area (Å²) in [5.74, 6) is 1.33. The van der Waals surface area contributed by atoms with Crippen LogP contribution in [-0.2, 0) is 14.3 Å². The molecule has 0 radical (unpaired) electrons. The van der Waals surface area contributed by atoms with Gasteiger partial charge in [-0.3, -0.25) is 4.79 Å². The average molecular weight is 423 g/mol. The Morgan fingerprint density at radius 1 is 1.06 bits per heavy atom. The molecule has 2 aromatic carbocycles. The molecule has 0 amide bonds. The molecule has 5 rings (SSSR count). The molecule has 2 saturated carbocycles. The molecule has 0 bridgehead atoms. The number of carbonyl (C=O) groups excluding carboxylic acids is 1. The summed E-state index contributed by atoms with van der Waals surface area (Å²) in [6.45, 7) is 9.50. The summed E-state index contributed by atoms with van der Waals surface area (Å²) in [6.07, 6.45) is 5.80. The molecule has 0 spiro atoms. The lowest BCUT2D eigenvalue weighted by molar-refractivity contribution is -0.285. The second kappa shape index (κ2) is 7.60. The van der Waals surface area contributed by atoms with E-state index in [0.717, 1.165) is 22.8 Å². The third-order valence-corrected chi connectivity index (χ3v) is 8.46. The van der Waals surface area contributed by atoms with E-state index >= 15 is 0 Å². The van der Waals surface area contributed by atoms with Crippen LogP contribution in [0.2, 0.25) is 0 Å². The molecule has 3 fully saturated rings. The van der Waals surface area contributed by atoms with Crippen LogP contribution in [0.3, 0.4) is 0 Å². The number of hydrogen-bond donors (Lipinski definition) is 0. The maximum Gasteiger partial charge on any atom is 0.308 e. The first-order chi connectivity index (χ1) is 14.8. The van der Waals surface area contributed by atoms with Gasteiger partial charge >= 0.3 is 5.97 Å². The van der Waals surface area contributed by atoms with E-state index in [1.807, 2.05) is 24.3 Å². The Kier molecular flexibility index (Phi) is 5.14. The van der Waals surface area contributed by atoms with Gasteiger partial charge in [0.2, 0.25) is 0 Å². The molecule has 1 aliphatic heterocycles. The maximum absolute atomic E-state index is 11.8. The minimum Gasteiger partial charge on any atom is -0.426 e. The third-order valence-electron chi connectivity index (χ3n) is 8.46. The molecule has 3 aliphatic rings. The highest BCUT2D eigenvalue weighted by molar-refractivity contribution is 5.89. The van der Waals surface area contributed by atoms with Gasteiger partial charge < -0.3 is 14.2 Å². The first-order valence-electron chi connectivity index (χ1n) is 11.8. The Labute approximate surface area is 185 Å². The Balaban J connectivity index is 1.48. The number of carbonyl (C=O) groups is 1. The van der Waals surface area contributed by atoms with Crippen LogP contribution in [0.15, 0.2) is 36.4 Å². The largest absolute Gasteiger partial charge is 0.426 e. The van der Waals surface area contributed by atoms with E-state index in [1.165, 1.54) is 32.6 Å². The van der Waals surface area contributed by atoms with Crippen LogP contribution in [0, 0.1) is 22.7 Å². The van der Waals surface area contributed by atoms with Crippen molar-refractivity contribution in [1.29, 1.82) is 0 Å². The van der Waals surface area contributed by atoms with Gasteiger partial charge in [0.25, 0.3) is 0 Å². The zero-order chi connectivity index (χ0) is 21.8. The van der Waals surface area contributed by atoms with Crippen molar-refractivity contribution in [3.63, 3.8) is 0 Å². The van der Waals surface area contributed by atoms with Gasteiger partial charge in [0.1, 0.15) is 5.75 Å². The quantitative estimate of drug-likeness (QED) is 0.414. The Hall–Kier alpha value is -1.91. The van der Waals surface area contributed by atoms with Gasteiger partial charge in [0, 0.05) is 12.8 Å². The van der Waals surface area contributed by atoms with E-state index in [9.17, 15) is 4.79 Å². The molecule has 4 heteroatoms. The summed E-state index contributed by atoms with van der Waals surface area (Å²) in [5.41, 5.74) is 1.48. The second-order valence-electron chi connectivity index (χ2n) is 10.7. The van der Waals surface area contributed by atoms with E-state index in [2.05, 4.69) is 32.9 Å². The topological polar surface area (TPSA) is 44.8 Å². The van der Waals surface area contributed by atoms with E-state index in [0.29, 0.717) is 29.6 Å². The molecule has 0 unspecified atom stereocenters. The fraction of sp³-hybridized carbons (Fsp3) is 0.593. The maximum atomic E-state index is 11.8. The molecule has 166 valence electrons. The van der Waals surface area contributed by atoms with E-state index in [1.54, 1.807) is 0 Å². The van der Waals surface area contributed by atoms with Crippen molar-refractivity contribution in [2.24, 2.45) is 22.7 Å². The molecule has 2 aliphatic carbocycles. The summed E-state index contributed by atoms with van der Waals surface area (Å²) in [5, 5.41) is 2.11. The Morgan fingerprint density at radius 2 is 1.87 bits per heavy atom. The number of benzene rings is 2. The van der Waals surface area contributed by atoms with Gasteiger partial charge in [-0.15, -0.1) is 0 Å². The van der Waals surface area contributed by atoms with Crippen molar-refractivity contribution in [3.8, 4) is 5.75 Å². The summed E-state index contributed by atoms with van der Waals surface area (Å²) in [4.78, 5) is 11.8. The van der Waals surface area contributed by atoms with Crippen LogP contribution in [0.1, 0.15) is 71.7 Å². The van der Waals surface area contributed by atoms with Gasteiger partial charge in [0.05, 0.1) is 18.3 Å². The fourth-order valence-electron chi connectivity index (χ4n) is 7.05. The number of ether oxygens (including phenoxy) is 3. The Bertz CT molecular complexity index is 996. The van der Waals surface area contributed by atoms with Crippen molar-refractivity contribution in [3.05, 3.63) is 42.0 Å². The predicted molar refractivity (Wildman–Crippen MR) is 121 cm³/mol. The molecule has 31 heavy (non-hydrogen) atoms. The van der Waals surface area contributed by atoms with E-state index < -0.39 is 6.29 Å². The standard InChI is InChI=1S/C27H34O4/c1-17(28)30-22-11-10-18-8-5-6-9-19(18)24(22)25-29-16-20-21(31-25)12-13-23-26(2,3)14-7-15-27(20,23)4/h5-6,8-11,20-21,23,25H,7,12-16H2,1-4H3/t20-,21+,23-,25-,27+/m0/s1. The van der Waals surface area contributed by atoms with Gasteiger partial charge in [-0.2, -0.15) is 0 Å². The minimum absolute atomic E-state index is 0.179. The average Bonchev–Trinajstić information content (AvgIpc) is 2.72. The summed E-state index contributed by atoms with van der Waals surface area (Å²) in [6, 6.07) is 12.0. The number of rotatable bonds is 2. The van der Waals surface area contributed by atoms with Crippen molar-refractivity contribution >= 4 is 16.7 Å². The highest BCUT2D eigenvalue weighted by atomic mass is 16.7.